The van der Waals surface area contributed by atoms with Gasteiger partial charge in [0, 0.05) is 12.5 Å². The van der Waals surface area contributed by atoms with Crippen LogP contribution in [0, 0.1) is 11.8 Å². The Bertz CT molecular complexity index is 880. The first-order valence-corrected chi connectivity index (χ1v) is 12.1. The highest BCUT2D eigenvalue weighted by Gasteiger charge is 2.55. The zero-order valence-electron chi connectivity index (χ0n) is 19.4. The summed E-state index contributed by atoms with van der Waals surface area (Å²) in [6.07, 6.45) is -2.50. The van der Waals surface area contributed by atoms with E-state index >= 15 is 0 Å². The third-order valence-corrected chi connectivity index (χ3v) is 7.18. The van der Waals surface area contributed by atoms with E-state index in [1.165, 1.54) is 12.3 Å². The average molecular weight is 511 g/mol. The van der Waals surface area contributed by atoms with E-state index < -0.39 is 61.7 Å². The summed E-state index contributed by atoms with van der Waals surface area (Å²) in [5.41, 5.74) is 4.73. The standard InChI is InChI=1S/C15H26N3O7P.C4H8O4/c1-9(2)15(10(3)4,26(20,21)22)24-11-7-13(23-8-11)25-18-6-5-12(16)17-14(18)19;5-1-3(7)4(8)2-6/h5-6,9-11,13H,7-8H2,1-4H3,(H2,16,17,19)(H2,20,21,22);1,3-4,6-8H,2H2/t11-,13?;3-,4-/m01/s1. The largest absolute Gasteiger partial charge is 0.394 e. The van der Waals surface area contributed by atoms with Crippen molar-refractivity contribution >= 4 is 19.7 Å². The molecule has 196 valence electrons. The molecule has 0 saturated carbocycles. The molecular formula is C19H34N3O11P. The van der Waals surface area contributed by atoms with Gasteiger partial charge in [-0.25, -0.2) is 4.79 Å². The van der Waals surface area contributed by atoms with Crippen molar-refractivity contribution in [3.05, 3.63) is 22.7 Å². The van der Waals surface area contributed by atoms with E-state index in [2.05, 4.69) is 4.98 Å². The second kappa shape index (κ2) is 12.7. The monoisotopic (exact) mass is 511 g/mol. The number of aromatic nitrogens is 2. The van der Waals surface area contributed by atoms with Gasteiger partial charge >= 0.3 is 13.3 Å². The van der Waals surface area contributed by atoms with Gasteiger partial charge in [0.1, 0.15) is 18.0 Å². The molecule has 15 heteroatoms. The summed E-state index contributed by atoms with van der Waals surface area (Å²) in [6, 6.07) is 1.40. The lowest BCUT2D eigenvalue weighted by Crippen LogP contribution is -2.46. The van der Waals surface area contributed by atoms with Crippen LogP contribution in [0.3, 0.4) is 0 Å². The Labute approximate surface area is 196 Å². The minimum atomic E-state index is -4.57. The van der Waals surface area contributed by atoms with E-state index in [1.807, 2.05) is 0 Å². The SMILES string of the molecule is CC(C)C(O[C@@H]1COC(On2ccc(N)nc2=O)C1)(C(C)C)P(=O)(O)O.O=C[C@@H](O)[C@H](O)CO. The molecule has 7 N–H and O–H groups in total. The molecule has 1 aromatic rings. The van der Waals surface area contributed by atoms with Gasteiger partial charge in [0.15, 0.2) is 11.6 Å². The van der Waals surface area contributed by atoms with Crippen LogP contribution in [0.5, 0.6) is 0 Å². The molecule has 0 aliphatic carbocycles. The number of hydrogen-bond acceptors (Lipinski definition) is 11. The van der Waals surface area contributed by atoms with Crippen molar-refractivity contribution in [1.29, 1.82) is 0 Å². The molecule has 1 aliphatic rings. The first kappa shape index (κ1) is 30.1. The van der Waals surface area contributed by atoms with Gasteiger partial charge in [0.05, 0.1) is 25.5 Å². The number of carbonyl (C=O) groups excluding carboxylic acids is 1. The molecule has 0 radical (unpaired) electrons. The van der Waals surface area contributed by atoms with Crippen LogP contribution in [0.15, 0.2) is 17.1 Å². The zero-order valence-corrected chi connectivity index (χ0v) is 20.3. The molecule has 2 heterocycles. The van der Waals surface area contributed by atoms with Gasteiger partial charge in [0.2, 0.25) is 6.29 Å². The fraction of sp³-hybridized carbons (Fsp3) is 0.737. The molecular weight excluding hydrogens is 477 g/mol. The first-order valence-electron chi connectivity index (χ1n) is 10.5. The average Bonchev–Trinajstić information content (AvgIpc) is 3.18. The summed E-state index contributed by atoms with van der Waals surface area (Å²) in [7, 11) is -4.57. The van der Waals surface area contributed by atoms with Crippen LogP contribution in [-0.2, 0) is 18.8 Å². The van der Waals surface area contributed by atoms with Gasteiger partial charge in [0.25, 0.3) is 0 Å². The van der Waals surface area contributed by atoms with Crippen molar-refractivity contribution in [2.75, 3.05) is 18.9 Å². The number of nitrogens with two attached hydrogens (primary N) is 1. The third-order valence-electron chi connectivity index (χ3n) is 5.13. The predicted octanol–water partition coefficient (Wildman–Crippen LogP) is -1.53. The molecule has 1 aromatic heterocycles. The van der Waals surface area contributed by atoms with Gasteiger partial charge in [-0.05, 0) is 11.8 Å². The summed E-state index contributed by atoms with van der Waals surface area (Å²) in [6.45, 7) is 6.33. The van der Waals surface area contributed by atoms with Crippen LogP contribution < -0.4 is 16.3 Å². The number of carbonyl (C=O) groups is 1. The van der Waals surface area contributed by atoms with Crippen LogP contribution in [0.1, 0.15) is 34.1 Å². The van der Waals surface area contributed by atoms with Crippen molar-refractivity contribution in [1.82, 2.24) is 9.71 Å². The summed E-state index contributed by atoms with van der Waals surface area (Å²) >= 11 is 0. The molecule has 0 bridgehead atoms. The number of nitrogens with zero attached hydrogens (tertiary/aromatic N) is 2. The highest BCUT2D eigenvalue weighted by Crippen LogP contribution is 2.59. The van der Waals surface area contributed by atoms with Gasteiger partial charge in [-0.15, -0.1) is 4.73 Å². The van der Waals surface area contributed by atoms with E-state index in [4.69, 9.17) is 35.4 Å². The van der Waals surface area contributed by atoms with Gasteiger partial charge in [-0.2, -0.15) is 4.98 Å². The van der Waals surface area contributed by atoms with Crippen molar-refractivity contribution in [3.63, 3.8) is 0 Å². The lowest BCUT2D eigenvalue weighted by Gasteiger charge is -2.42. The number of aliphatic hydroxyl groups excluding tert-OH is 3. The number of hydrogen-bond donors (Lipinski definition) is 6. The Morgan fingerprint density at radius 3 is 2.32 bits per heavy atom. The number of aldehydes is 1. The van der Waals surface area contributed by atoms with Crippen LogP contribution in [0.4, 0.5) is 5.82 Å². The van der Waals surface area contributed by atoms with Gasteiger partial charge in [-0.3, -0.25) is 4.57 Å². The van der Waals surface area contributed by atoms with Crippen LogP contribution >= 0.6 is 7.60 Å². The van der Waals surface area contributed by atoms with E-state index in [0.717, 1.165) is 4.73 Å². The van der Waals surface area contributed by atoms with Crippen molar-refractivity contribution < 1.29 is 48.8 Å². The molecule has 1 unspecified atom stereocenters. The summed E-state index contributed by atoms with van der Waals surface area (Å²) < 4.78 is 24.5. The van der Waals surface area contributed by atoms with E-state index in [-0.39, 0.29) is 25.1 Å². The maximum atomic E-state index is 12.2. The number of ether oxygens (including phenoxy) is 2. The third kappa shape index (κ3) is 7.55. The number of rotatable bonds is 10. The normalized spacial score (nSPS) is 20.6. The fourth-order valence-corrected chi connectivity index (χ4v) is 5.11. The van der Waals surface area contributed by atoms with Crippen molar-refractivity contribution in [2.45, 2.75) is 64.1 Å². The quantitative estimate of drug-likeness (QED) is 0.155. The lowest BCUT2D eigenvalue weighted by atomic mass is 9.94. The number of anilines is 1. The summed E-state index contributed by atoms with van der Waals surface area (Å²) in [4.78, 5) is 50.1. The zero-order chi connectivity index (χ0) is 26.3. The fourth-order valence-electron chi connectivity index (χ4n) is 3.48. The predicted molar refractivity (Wildman–Crippen MR) is 118 cm³/mol. The molecule has 1 saturated heterocycles. The van der Waals surface area contributed by atoms with Crippen LogP contribution in [0.2, 0.25) is 0 Å². The minimum absolute atomic E-state index is 0.0729. The second-order valence-corrected chi connectivity index (χ2v) is 10.1. The minimum Gasteiger partial charge on any atom is -0.394 e. The van der Waals surface area contributed by atoms with Crippen molar-refractivity contribution in [3.8, 4) is 0 Å². The van der Waals surface area contributed by atoms with Gasteiger partial charge < -0.3 is 49.9 Å². The van der Waals surface area contributed by atoms with Gasteiger partial charge in [-0.1, -0.05) is 27.7 Å². The lowest BCUT2D eigenvalue weighted by molar-refractivity contribution is -0.121. The van der Waals surface area contributed by atoms with E-state index in [0.29, 0.717) is 0 Å². The number of aliphatic hydroxyl groups is 3. The Kier molecular flexibility index (Phi) is 11.3. The summed E-state index contributed by atoms with van der Waals surface area (Å²) in [5, 5.41) is 23.2. The molecule has 14 nitrogen and oxygen atoms in total. The van der Waals surface area contributed by atoms with Crippen LogP contribution in [0.25, 0.3) is 0 Å². The Morgan fingerprint density at radius 2 is 1.91 bits per heavy atom. The highest BCUT2D eigenvalue weighted by atomic mass is 31.2. The molecule has 0 aromatic carbocycles. The first-order chi connectivity index (χ1) is 15.7. The molecule has 0 amide bonds. The van der Waals surface area contributed by atoms with E-state index in [9.17, 15) is 23.9 Å². The van der Waals surface area contributed by atoms with E-state index in [1.54, 1.807) is 27.7 Å². The van der Waals surface area contributed by atoms with Crippen molar-refractivity contribution in [2.24, 2.45) is 11.8 Å². The Balaban J connectivity index is 0.000000620. The molecule has 4 atom stereocenters. The smallest absolute Gasteiger partial charge is 0.382 e. The van der Waals surface area contributed by atoms with Crippen LogP contribution in [-0.4, -0.2) is 84.3 Å². The molecule has 0 spiro atoms. The maximum Gasteiger partial charge on any atom is 0.382 e. The Hall–Kier alpha value is -1.90. The topological polar surface area (TPSA) is 224 Å². The summed E-state index contributed by atoms with van der Waals surface area (Å²) in [5.74, 6) is -0.775. The molecule has 1 aliphatic heterocycles. The second-order valence-electron chi connectivity index (χ2n) is 8.29. The number of nitrogen functional groups attached to an aromatic ring is 1. The maximum absolute atomic E-state index is 12.2. The molecule has 34 heavy (non-hydrogen) atoms. The highest BCUT2D eigenvalue weighted by molar-refractivity contribution is 7.53. The Morgan fingerprint density at radius 1 is 1.32 bits per heavy atom. The molecule has 2 rings (SSSR count). The molecule has 1 fully saturated rings.